The molecule has 2 heterocycles. The van der Waals surface area contributed by atoms with Gasteiger partial charge in [-0.15, -0.1) is 0 Å². The highest BCUT2D eigenvalue weighted by Gasteiger charge is 2.34. The second kappa shape index (κ2) is 7.04. The number of rotatable bonds is 4. The van der Waals surface area contributed by atoms with Crippen molar-refractivity contribution in [1.29, 1.82) is 0 Å². The van der Waals surface area contributed by atoms with Gasteiger partial charge in [-0.05, 0) is 12.1 Å². The topological polar surface area (TPSA) is 88.8 Å². The lowest BCUT2D eigenvalue weighted by Crippen LogP contribution is -2.48. The number of carboxylic acids is 1. The number of nitrogens with zero attached hydrogens (tertiary/aromatic N) is 2. The van der Waals surface area contributed by atoms with E-state index in [0.717, 1.165) is 12.3 Å². The lowest BCUT2D eigenvalue weighted by molar-refractivity contribution is -0.148. The van der Waals surface area contributed by atoms with E-state index in [0.29, 0.717) is 10.6 Å². The van der Waals surface area contributed by atoms with Crippen LogP contribution in [0.1, 0.15) is 12.0 Å². The molecule has 10 heteroatoms. The number of morpholine rings is 1. The van der Waals surface area contributed by atoms with E-state index in [2.05, 4.69) is 0 Å². The first-order chi connectivity index (χ1) is 11.2. The Balaban J connectivity index is 2.10. The van der Waals surface area contributed by atoms with E-state index in [1.807, 2.05) is 0 Å². The zero-order valence-electron chi connectivity index (χ0n) is 12.5. The molecule has 0 unspecified atom stereocenters. The minimum atomic E-state index is -4.80. The van der Waals surface area contributed by atoms with Crippen molar-refractivity contribution >= 4 is 11.9 Å². The molecule has 1 N–H and O–H groups in total. The van der Waals surface area contributed by atoms with E-state index in [4.69, 9.17) is 9.84 Å². The Morgan fingerprint density at radius 2 is 2.08 bits per heavy atom. The van der Waals surface area contributed by atoms with Crippen molar-refractivity contribution < 1.29 is 32.6 Å². The minimum absolute atomic E-state index is 0.0127. The number of hydrogen-bond donors (Lipinski definition) is 1. The maximum absolute atomic E-state index is 12.7. The molecule has 2 rings (SSSR count). The van der Waals surface area contributed by atoms with Gasteiger partial charge in [-0.2, -0.15) is 13.2 Å². The largest absolute Gasteiger partial charge is 0.481 e. The summed E-state index contributed by atoms with van der Waals surface area (Å²) in [6, 6.07) is 1.70. The maximum Gasteiger partial charge on any atom is 0.421 e. The van der Waals surface area contributed by atoms with Gasteiger partial charge in [-0.25, -0.2) is 0 Å². The summed E-state index contributed by atoms with van der Waals surface area (Å²) in [7, 11) is 0. The van der Waals surface area contributed by atoms with Crippen LogP contribution < -0.4 is 5.56 Å². The first-order valence-corrected chi connectivity index (χ1v) is 7.06. The highest BCUT2D eigenvalue weighted by molar-refractivity contribution is 5.76. The number of amides is 1. The van der Waals surface area contributed by atoms with Gasteiger partial charge in [0.2, 0.25) is 5.91 Å². The van der Waals surface area contributed by atoms with Gasteiger partial charge in [-0.1, -0.05) is 0 Å². The molecule has 1 fully saturated rings. The quantitative estimate of drug-likeness (QED) is 0.859. The van der Waals surface area contributed by atoms with E-state index < -0.39 is 41.8 Å². The van der Waals surface area contributed by atoms with Crippen molar-refractivity contribution in [2.45, 2.75) is 25.2 Å². The van der Waals surface area contributed by atoms with Crippen molar-refractivity contribution in [3.8, 4) is 0 Å². The maximum atomic E-state index is 12.7. The fourth-order valence-electron chi connectivity index (χ4n) is 2.39. The molecule has 7 nitrogen and oxygen atoms in total. The molecule has 0 spiro atoms. The zero-order chi connectivity index (χ0) is 17.9. The normalized spacial score (nSPS) is 18.5. The Labute approximate surface area is 134 Å². The molecular weight excluding hydrogens is 333 g/mol. The fourth-order valence-corrected chi connectivity index (χ4v) is 2.39. The molecular formula is C14H15F3N2O5. The molecule has 1 aromatic heterocycles. The number of carboxylic acid groups (broad SMARTS) is 1. The van der Waals surface area contributed by atoms with Crippen molar-refractivity contribution in [3.05, 3.63) is 34.2 Å². The molecule has 24 heavy (non-hydrogen) atoms. The third-order valence-electron chi connectivity index (χ3n) is 3.52. The van der Waals surface area contributed by atoms with Gasteiger partial charge < -0.3 is 19.3 Å². The highest BCUT2D eigenvalue weighted by Crippen LogP contribution is 2.26. The fraction of sp³-hybridized carbons (Fsp3) is 0.500. The second-order valence-corrected chi connectivity index (χ2v) is 5.28. The van der Waals surface area contributed by atoms with Gasteiger partial charge in [-0.3, -0.25) is 14.4 Å². The first kappa shape index (κ1) is 18.0. The van der Waals surface area contributed by atoms with E-state index in [9.17, 15) is 27.6 Å². The van der Waals surface area contributed by atoms with E-state index in [1.165, 1.54) is 4.90 Å². The van der Waals surface area contributed by atoms with Crippen molar-refractivity contribution in [2.24, 2.45) is 0 Å². The molecule has 0 bridgehead atoms. The van der Waals surface area contributed by atoms with Gasteiger partial charge in [0.05, 0.1) is 19.1 Å². The van der Waals surface area contributed by atoms with Gasteiger partial charge >= 0.3 is 12.1 Å². The molecule has 0 radical (unpaired) electrons. The third-order valence-corrected chi connectivity index (χ3v) is 3.52. The summed E-state index contributed by atoms with van der Waals surface area (Å²) in [6.07, 6.45) is -4.66. The van der Waals surface area contributed by atoms with Crippen LogP contribution >= 0.6 is 0 Å². The molecule has 1 aromatic rings. The summed E-state index contributed by atoms with van der Waals surface area (Å²) in [6.45, 7) is -0.231. The molecule has 132 valence electrons. The van der Waals surface area contributed by atoms with Gasteiger partial charge in [0, 0.05) is 19.3 Å². The summed E-state index contributed by atoms with van der Waals surface area (Å²) in [5, 5.41) is 8.73. The molecule has 1 aliphatic rings. The van der Waals surface area contributed by atoms with Crippen LogP contribution in [0.2, 0.25) is 0 Å². The lowest BCUT2D eigenvalue weighted by Gasteiger charge is -2.32. The van der Waals surface area contributed by atoms with Gasteiger partial charge in [0.15, 0.2) is 0 Å². The number of carbonyl (C=O) groups is 2. The zero-order valence-corrected chi connectivity index (χ0v) is 12.5. The Morgan fingerprint density at radius 1 is 1.38 bits per heavy atom. The molecule has 1 aliphatic heterocycles. The third kappa shape index (κ3) is 4.34. The number of alkyl halides is 3. The summed E-state index contributed by atoms with van der Waals surface area (Å²) in [5.41, 5.74) is -2.64. The van der Waals surface area contributed by atoms with Crippen molar-refractivity contribution in [1.82, 2.24) is 9.47 Å². The number of halogens is 3. The van der Waals surface area contributed by atoms with Crippen LogP contribution in [0.3, 0.4) is 0 Å². The van der Waals surface area contributed by atoms with E-state index in [1.54, 1.807) is 0 Å². The molecule has 0 aromatic carbocycles. The van der Waals surface area contributed by atoms with Crippen LogP contribution in [0.5, 0.6) is 0 Å². The monoisotopic (exact) mass is 348 g/mol. The highest BCUT2D eigenvalue weighted by atomic mass is 19.4. The van der Waals surface area contributed by atoms with Crippen LogP contribution in [0.15, 0.2) is 23.1 Å². The summed E-state index contributed by atoms with van der Waals surface area (Å²) in [4.78, 5) is 36.0. The van der Waals surface area contributed by atoms with E-state index in [-0.39, 0.29) is 26.1 Å². The van der Waals surface area contributed by atoms with Crippen LogP contribution in [0.4, 0.5) is 13.2 Å². The summed E-state index contributed by atoms with van der Waals surface area (Å²) in [5.74, 6) is -1.65. The summed E-state index contributed by atoms with van der Waals surface area (Å²) < 4.78 is 44.0. The average molecular weight is 348 g/mol. The Bertz CT molecular complexity index is 686. The van der Waals surface area contributed by atoms with Crippen LogP contribution in [0, 0.1) is 0 Å². The predicted octanol–water partition coefficient (Wildman–Crippen LogP) is 0.569. The summed E-state index contributed by atoms with van der Waals surface area (Å²) >= 11 is 0. The van der Waals surface area contributed by atoms with Gasteiger partial charge in [0.25, 0.3) is 5.56 Å². The van der Waals surface area contributed by atoms with Crippen molar-refractivity contribution in [3.63, 3.8) is 0 Å². The number of carbonyl (C=O) groups excluding carboxylic acids is 1. The number of ether oxygens (including phenoxy) is 1. The average Bonchev–Trinajstić information content (AvgIpc) is 2.47. The molecule has 0 aliphatic carbocycles. The Kier molecular flexibility index (Phi) is 5.27. The Morgan fingerprint density at radius 3 is 2.71 bits per heavy atom. The number of aromatic nitrogens is 1. The SMILES string of the molecule is O=C(O)C[C@@H]1CN(C(=O)Cn2cccc(C(F)(F)F)c2=O)CCO1. The standard InChI is InChI=1S/C14H15F3N2O5/c15-14(16,17)10-2-1-3-19(13(10)23)8-11(20)18-4-5-24-9(7-18)6-12(21)22/h1-3,9H,4-8H2,(H,21,22)/t9-/m1/s1. The number of aliphatic carboxylic acids is 1. The minimum Gasteiger partial charge on any atom is -0.481 e. The number of hydrogen-bond acceptors (Lipinski definition) is 4. The second-order valence-electron chi connectivity index (χ2n) is 5.28. The molecule has 1 saturated heterocycles. The first-order valence-electron chi connectivity index (χ1n) is 7.06. The molecule has 1 atom stereocenters. The van der Waals surface area contributed by atoms with Gasteiger partial charge in [0.1, 0.15) is 12.1 Å². The van der Waals surface area contributed by atoms with Crippen LogP contribution in [-0.2, 0) is 27.0 Å². The number of pyridine rings is 1. The van der Waals surface area contributed by atoms with Crippen molar-refractivity contribution in [2.75, 3.05) is 19.7 Å². The molecule has 0 saturated carbocycles. The molecule has 1 amide bonds. The predicted molar refractivity (Wildman–Crippen MR) is 74.3 cm³/mol. The van der Waals surface area contributed by atoms with E-state index >= 15 is 0 Å². The Hall–Kier alpha value is -2.36. The lowest BCUT2D eigenvalue weighted by atomic mass is 10.2. The van der Waals surface area contributed by atoms with Crippen LogP contribution in [-0.4, -0.2) is 52.3 Å². The smallest absolute Gasteiger partial charge is 0.421 e. The van der Waals surface area contributed by atoms with Crippen LogP contribution in [0.25, 0.3) is 0 Å².